The van der Waals surface area contributed by atoms with Gasteiger partial charge in [-0.3, -0.25) is 10.1 Å². The molecule has 0 radical (unpaired) electrons. The van der Waals surface area contributed by atoms with Crippen molar-refractivity contribution in [3.05, 3.63) is 69.8 Å². The quantitative estimate of drug-likeness (QED) is 0.645. The maximum Gasteiger partial charge on any atom is 0.274 e. The first-order valence-electron chi connectivity index (χ1n) is 6.66. The van der Waals surface area contributed by atoms with E-state index < -0.39 is 4.92 Å². The van der Waals surface area contributed by atoms with Crippen LogP contribution in [0.5, 0.6) is 11.6 Å². The van der Waals surface area contributed by atoms with E-state index in [-0.39, 0.29) is 0 Å². The first-order chi connectivity index (χ1) is 11.0. The van der Waals surface area contributed by atoms with Crippen LogP contribution in [-0.2, 0) is 0 Å². The summed E-state index contributed by atoms with van der Waals surface area (Å²) in [6, 6.07) is 10.4. The van der Waals surface area contributed by atoms with Crippen molar-refractivity contribution in [2.75, 3.05) is 19.0 Å². The molecular formula is C15H15ClN4O3. The Morgan fingerprint density at radius 3 is 2.57 bits per heavy atom. The number of halogens is 1. The number of aromatic nitrogens is 1. The number of rotatable bonds is 6. The Labute approximate surface area is 138 Å². The number of nitro groups is 1. The molecule has 2 aromatic rings. The number of nitrogens with zero attached hydrogens (tertiary/aromatic N) is 3. The molecule has 8 heteroatoms. The zero-order valence-electron chi connectivity index (χ0n) is 12.6. The van der Waals surface area contributed by atoms with E-state index in [4.69, 9.17) is 16.3 Å². The monoisotopic (exact) mass is 334 g/mol. The summed E-state index contributed by atoms with van der Waals surface area (Å²) in [5, 5.41) is 14.0. The maximum atomic E-state index is 10.6. The van der Waals surface area contributed by atoms with Crippen LogP contribution in [0.25, 0.3) is 0 Å². The van der Waals surface area contributed by atoms with Crippen LogP contribution in [0.15, 0.2) is 54.6 Å². The Hall–Kier alpha value is -2.80. The molecule has 0 bridgehead atoms. The van der Waals surface area contributed by atoms with Gasteiger partial charge >= 0.3 is 0 Å². The first-order valence-corrected chi connectivity index (χ1v) is 7.03. The van der Waals surface area contributed by atoms with Gasteiger partial charge in [-0.25, -0.2) is 4.98 Å². The third kappa shape index (κ3) is 4.58. The summed E-state index contributed by atoms with van der Waals surface area (Å²) in [6.07, 6.45) is 2.45. The number of hydrogen-bond donors (Lipinski definition) is 1. The molecule has 0 amide bonds. The molecule has 1 N–H and O–H groups in total. The second kappa shape index (κ2) is 7.46. The van der Waals surface area contributed by atoms with E-state index in [0.717, 1.165) is 6.20 Å². The number of nitrogens with one attached hydrogen (secondary N) is 1. The highest BCUT2D eigenvalue weighted by atomic mass is 35.5. The summed E-state index contributed by atoms with van der Waals surface area (Å²) in [4.78, 5) is 15.9. The predicted octanol–water partition coefficient (Wildman–Crippen LogP) is 3.26. The van der Waals surface area contributed by atoms with Crippen molar-refractivity contribution in [3.63, 3.8) is 0 Å². The van der Waals surface area contributed by atoms with Gasteiger partial charge in [0.1, 0.15) is 5.75 Å². The van der Waals surface area contributed by atoms with Crippen molar-refractivity contribution >= 4 is 17.3 Å². The molecular weight excluding hydrogens is 320 g/mol. The molecule has 1 aromatic carbocycles. The second-order valence-electron chi connectivity index (χ2n) is 4.52. The molecule has 0 atom stereocenters. The standard InChI is InChI=1S/C15H15ClN4O3/c1-17-14(10-20(21)22)19(2)12-5-8-15(18-9-12)23-13-6-3-11(16)4-7-13/h3-10,17H,1-2H3. The van der Waals surface area contributed by atoms with Gasteiger partial charge in [-0.15, -0.1) is 0 Å². The summed E-state index contributed by atoms with van der Waals surface area (Å²) in [5.41, 5.74) is 0.677. The summed E-state index contributed by atoms with van der Waals surface area (Å²) in [5.74, 6) is 1.36. The molecule has 0 saturated carbocycles. The smallest absolute Gasteiger partial charge is 0.274 e. The van der Waals surface area contributed by atoms with Crippen LogP contribution in [0, 0.1) is 10.1 Å². The van der Waals surface area contributed by atoms with Gasteiger partial charge in [0.25, 0.3) is 6.20 Å². The molecule has 0 saturated heterocycles. The lowest BCUT2D eigenvalue weighted by Crippen LogP contribution is -2.26. The van der Waals surface area contributed by atoms with Gasteiger partial charge < -0.3 is 15.0 Å². The van der Waals surface area contributed by atoms with Crippen molar-refractivity contribution in [1.82, 2.24) is 10.3 Å². The molecule has 0 aliphatic rings. The maximum absolute atomic E-state index is 10.6. The molecule has 0 fully saturated rings. The normalized spacial score (nSPS) is 11.0. The highest BCUT2D eigenvalue weighted by molar-refractivity contribution is 6.30. The fourth-order valence-electron chi connectivity index (χ4n) is 1.81. The molecule has 2 rings (SSSR count). The van der Waals surface area contributed by atoms with Crippen LogP contribution in [-0.4, -0.2) is 24.0 Å². The average molecular weight is 335 g/mol. The number of anilines is 1. The van der Waals surface area contributed by atoms with E-state index in [9.17, 15) is 10.1 Å². The number of hydrogen-bond acceptors (Lipinski definition) is 6. The van der Waals surface area contributed by atoms with Crippen molar-refractivity contribution in [1.29, 1.82) is 0 Å². The highest BCUT2D eigenvalue weighted by Crippen LogP contribution is 2.23. The second-order valence-corrected chi connectivity index (χ2v) is 4.96. The molecule has 120 valence electrons. The van der Waals surface area contributed by atoms with Crippen LogP contribution >= 0.6 is 11.6 Å². The van der Waals surface area contributed by atoms with Gasteiger partial charge in [-0.1, -0.05) is 11.6 Å². The van der Waals surface area contributed by atoms with E-state index in [1.54, 1.807) is 61.6 Å². The molecule has 0 aliphatic heterocycles. The minimum atomic E-state index is -0.520. The van der Waals surface area contributed by atoms with E-state index in [1.807, 2.05) is 0 Å². The van der Waals surface area contributed by atoms with Crippen LogP contribution < -0.4 is 15.0 Å². The molecule has 0 unspecified atom stereocenters. The summed E-state index contributed by atoms with van der Waals surface area (Å²) >= 11 is 5.81. The Balaban J connectivity index is 2.12. The largest absolute Gasteiger partial charge is 0.439 e. The van der Waals surface area contributed by atoms with Crippen molar-refractivity contribution in [2.24, 2.45) is 0 Å². The minimum Gasteiger partial charge on any atom is -0.439 e. The molecule has 0 spiro atoms. The van der Waals surface area contributed by atoms with Crippen molar-refractivity contribution < 1.29 is 9.66 Å². The molecule has 1 heterocycles. The van der Waals surface area contributed by atoms with E-state index >= 15 is 0 Å². The Bertz CT molecular complexity index is 702. The van der Waals surface area contributed by atoms with Gasteiger partial charge in [-0.05, 0) is 30.3 Å². The minimum absolute atomic E-state index is 0.336. The number of ether oxygens (including phenoxy) is 1. The fraction of sp³-hybridized carbons (Fsp3) is 0.133. The van der Waals surface area contributed by atoms with Crippen LogP contribution in [0.3, 0.4) is 0 Å². The van der Waals surface area contributed by atoms with Gasteiger partial charge in [0, 0.05) is 25.2 Å². The SMILES string of the molecule is CNC(=C[N+](=O)[O-])N(C)c1ccc(Oc2ccc(Cl)cc2)nc1. The summed E-state index contributed by atoms with van der Waals surface area (Å²) in [6.45, 7) is 0. The lowest BCUT2D eigenvalue weighted by atomic mass is 10.3. The predicted molar refractivity (Wildman–Crippen MR) is 88.3 cm³/mol. The Morgan fingerprint density at radius 2 is 2.04 bits per heavy atom. The lowest BCUT2D eigenvalue weighted by Gasteiger charge is -2.20. The van der Waals surface area contributed by atoms with Crippen molar-refractivity contribution in [2.45, 2.75) is 0 Å². The first kappa shape index (κ1) is 16.6. The summed E-state index contributed by atoms with van der Waals surface area (Å²) < 4.78 is 5.59. The van der Waals surface area contributed by atoms with Crippen LogP contribution in [0.2, 0.25) is 5.02 Å². The van der Waals surface area contributed by atoms with Gasteiger partial charge in [-0.2, -0.15) is 0 Å². The van der Waals surface area contributed by atoms with Gasteiger partial charge in [0.2, 0.25) is 5.88 Å². The zero-order valence-corrected chi connectivity index (χ0v) is 13.3. The third-order valence-electron chi connectivity index (χ3n) is 2.99. The number of pyridine rings is 1. The van der Waals surface area contributed by atoms with Crippen LogP contribution in [0.4, 0.5) is 5.69 Å². The van der Waals surface area contributed by atoms with Crippen LogP contribution in [0.1, 0.15) is 0 Å². The molecule has 0 aliphatic carbocycles. The summed E-state index contributed by atoms with van der Waals surface area (Å²) in [7, 11) is 3.31. The molecule has 1 aromatic heterocycles. The van der Waals surface area contributed by atoms with Gasteiger partial charge in [0.05, 0.1) is 16.8 Å². The third-order valence-corrected chi connectivity index (χ3v) is 3.24. The lowest BCUT2D eigenvalue weighted by molar-refractivity contribution is -0.403. The Morgan fingerprint density at radius 1 is 1.35 bits per heavy atom. The van der Waals surface area contributed by atoms with E-state index in [2.05, 4.69) is 10.3 Å². The molecule has 7 nitrogen and oxygen atoms in total. The van der Waals surface area contributed by atoms with Gasteiger partial charge in [0.15, 0.2) is 5.82 Å². The van der Waals surface area contributed by atoms with E-state index in [0.29, 0.717) is 28.2 Å². The Kier molecular flexibility index (Phi) is 5.37. The highest BCUT2D eigenvalue weighted by Gasteiger charge is 2.10. The molecule has 23 heavy (non-hydrogen) atoms. The fourth-order valence-corrected chi connectivity index (χ4v) is 1.94. The number of benzene rings is 1. The zero-order chi connectivity index (χ0) is 16.8. The topological polar surface area (TPSA) is 80.5 Å². The average Bonchev–Trinajstić information content (AvgIpc) is 2.54. The van der Waals surface area contributed by atoms with Crippen molar-refractivity contribution in [3.8, 4) is 11.6 Å². The van der Waals surface area contributed by atoms with E-state index in [1.165, 1.54) is 0 Å².